The van der Waals surface area contributed by atoms with Gasteiger partial charge in [0.05, 0.1) is 23.5 Å². The first kappa shape index (κ1) is 20.0. The van der Waals surface area contributed by atoms with Crippen LogP contribution in [0.1, 0.15) is 42.0 Å². The second-order valence-corrected chi connectivity index (χ2v) is 8.37. The molecule has 1 atom stereocenters. The summed E-state index contributed by atoms with van der Waals surface area (Å²) < 4.78 is 0. The number of benzene rings is 1. The van der Waals surface area contributed by atoms with Gasteiger partial charge in [0.2, 0.25) is 11.8 Å². The van der Waals surface area contributed by atoms with Gasteiger partial charge in [0, 0.05) is 16.6 Å². The zero-order chi connectivity index (χ0) is 21.1. The van der Waals surface area contributed by atoms with Crippen LogP contribution in [-0.2, 0) is 9.59 Å². The molecule has 0 aliphatic heterocycles. The highest BCUT2D eigenvalue weighted by molar-refractivity contribution is 7.15. The zero-order valence-corrected chi connectivity index (χ0v) is 17.4. The van der Waals surface area contributed by atoms with Crippen molar-refractivity contribution in [3.05, 3.63) is 71.9 Å². The number of hydrogen-bond donors (Lipinski definition) is 2. The van der Waals surface area contributed by atoms with Crippen LogP contribution < -0.4 is 10.6 Å². The maximum atomic E-state index is 12.7. The SMILES string of the molecule is C=CC(=O)Nc1ccc(-c2cccc(C(C)C(=O)Nc3ncc(C4CC4)s3)c2)nc1. The summed E-state index contributed by atoms with van der Waals surface area (Å²) in [4.78, 5) is 34.1. The van der Waals surface area contributed by atoms with E-state index in [9.17, 15) is 9.59 Å². The van der Waals surface area contributed by atoms with Crippen molar-refractivity contribution in [3.8, 4) is 11.3 Å². The molecule has 0 spiro atoms. The topological polar surface area (TPSA) is 84.0 Å². The normalized spacial score (nSPS) is 14.0. The van der Waals surface area contributed by atoms with Crippen LogP contribution in [0, 0.1) is 0 Å². The van der Waals surface area contributed by atoms with Gasteiger partial charge >= 0.3 is 0 Å². The van der Waals surface area contributed by atoms with Gasteiger partial charge in [-0.25, -0.2) is 4.98 Å². The molecule has 1 saturated carbocycles. The lowest BCUT2D eigenvalue weighted by Crippen LogP contribution is -2.18. The van der Waals surface area contributed by atoms with E-state index in [0.29, 0.717) is 16.7 Å². The summed E-state index contributed by atoms with van der Waals surface area (Å²) in [7, 11) is 0. The standard InChI is InChI=1S/C23H22N4O2S/c1-3-21(28)26-18-9-10-19(24-12-18)17-6-4-5-16(11-17)14(2)22(29)27-23-25-13-20(30-23)15-7-8-15/h3-6,9-15H,1,7-8H2,2H3,(H,26,28)(H,25,27,29). The van der Waals surface area contributed by atoms with Crippen molar-refractivity contribution in [1.82, 2.24) is 9.97 Å². The van der Waals surface area contributed by atoms with E-state index >= 15 is 0 Å². The van der Waals surface area contributed by atoms with E-state index in [-0.39, 0.29) is 17.7 Å². The molecular weight excluding hydrogens is 396 g/mol. The first-order valence-corrected chi connectivity index (χ1v) is 10.6. The minimum Gasteiger partial charge on any atom is -0.321 e. The average Bonchev–Trinajstić information content (AvgIpc) is 3.52. The van der Waals surface area contributed by atoms with E-state index in [2.05, 4.69) is 27.2 Å². The Bertz CT molecular complexity index is 1090. The van der Waals surface area contributed by atoms with Gasteiger partial charge in [-0.05, 0) is 55.5 Å². The Labute approximate surface area is 179 Å². The lowest BCUT2D eigenvalue weighted by molar-refractivity contribution is -0.117. The lowest BCUT2D eigenvalue weighted by Gasteiger charge is -2.12. The first-order valence-electron chi connectivity index (χ1n) is 9.80. The summed E-state index contributed by atoms with van der Waals surface area (Å²) >= 11 is 1.56. The number of nitrogens with zero attached hydrogens (tertiary/aromatic N) is 2. The quantitative estimate of drug-likeness (QED) is 0.532. The summed E-state index contributed by atoms with van der Waals surface area (Å²) in [6, 6.07) is 11.4. The molecule has 30 heavy (non-hydrogen) atoms. The molecule has 6 nitrogen and oxygen atoms in total. The number of anilines is 2. The van der Waals surface area contributed by atoms with Crippen molar-refractivity contribution >= 4 is 34.0 Å². The predicted molar refractivity (Wildman–Crippen MR) is 120 cm³/mol. The zero-order valence-electron chi connectivity index (χ0n) is 16.6. The highest BCUT2D eigenvalue weighted by atomic mass is 32.1. The highest BCUT2D eigenvalue weighted by Gasteiger charge is 2.26. The number of aromatic nitrogens is 2. The Morgan fingerprint density at radius 2 is 2.00 bits per heavy atom. The molecule has 1 unspecified atom stereocenters. The smallest absolute Gasteiger partial charge is 0.247 e. The molecule has 2 aromatic heterocycles. The van der Waals surface area contributed by atoms with E-state index in [0.717, 1.165) is 16.8 Å². The molecule has 0 bridgehead atoms. The Balaban J connectivity index is 1.45. The third-order valence-electron chi connectivity index (χ3n) is 5.03. The fraction of sp³-hybridized carbons (Fsp3) is 0.217. The van der Waals surface area contributed by atoms with Crippen molar-refractivity contribution in [2.24, 2.45) is 0 Å². The minimum atomic E-state index is -0.329. The molecule has 2 heterocycles. The number of rotatable bonds is 7. The third-order valence-corrected chi connectivity index (χ3v) is 6.10. The fourth-order valence-corrected chi connectivity index (χ4v) is 4.05. The Hall–Kier alpha value is -3.32. The van der Waals surface area contributed by atoms with Crippen LogP contribution in [-0.4, -0.2) is 21.8 Å². The first-order chi connectivity index (χ1) is 14.5. The van der Waals surface area contributed by atoms with Crippen LogP contribution in [0.25, 0.3) is 11.3 Å². The van der Waals surface area contributed by atoms with Gasteiger partial charge in [-0.1, -0.05) is 24.8 Å². The van der Waals surface area contributed by atoms with Gasteiger partial charge < -0.3 is 10.6 Å². The highest BCUT2D eigenvalue weighted by Crippen LogP contribution is 2.43. The Morgan fingerprint density at radius 3 is 2.70 bits per heavy atom. The van der Waals surface area contributed by atoms with Crippen LogP contribution in [0.5, 0.6) is 0 Å². The lowest BCUT2D eigenvalue weighted by atomic mass is 9.97. The largest absolute Gasteiger partial charge is 0.321 e. The third kappa shape index (κ3) is 4.63. The Kier molecular flexibility index (Phi) is 5.72. The van der Waals surface area contributed by atoms with E-state index in [1.165, 1.54) is 23.8 Å². The number of pyridine rings is 1. The summed E-state index contributed by atoms with van der Waals surface area (Å²) in [6.45, 7) is 5.31. The van der Waals surface area contributed by atoms with Gasteiger partial charge in [-0.2, -0.15) is 0 Å². The van der Waals surface area contributed by atoms with Gasteiger partial charge in [0.1, 0.15) is 0 Å². The van der Waals surface area contributed by atoms with Gasteiger partial charge in [-0.15, -0.1) is 11.3 Å². The second kappa shape index (κ2) is 8.59. The van der Waals surface area contributed by atoms with Crippen molar-refractivity contribution in [2.75, 3.05) is 10.6 Å². The van der Waals surface area contributed by atoms with Gasteiger partial charge in [0.25, 0.3) is 0 Å². The van der Waals surface area contributed by atoms with E-state index < -0.39 is 0 Å². The maximum Gasteiger partial charge on any atom is 0.247 e. The second-order valence-electron chi connectivity index (χ2n) is 7.30. The number of carbonyl (C=O) groups excluding carboxylic acids is 2. The molecule has 3 aromatic rings. The number of amides is 2. The van der Waals surface area contributed by atoms with Gasteiger partial charge in [0.15, 0.2) is 5.13 Å². The molecule has 2 N–H and O–H groups in total. The molecule has 2 amide bonds. The fourth-order valence-electron chi connectivity index (χ4n) is 3.07. The van der Waals surface area contributed by atoms with Crippen LogP contribution >= 0.6 is 11.3 Å². The molecule has 1 aliphatic rings. The molecule has 7 heteroatoms. The Morgan fingerprint density at radius 1 is 1.17 bits per heavy atom. The van der Waals surface area contributed by atoms with Crippen molar-refractivity contribution in [3.63, 3.8) is 0 Å². The molecule has 1 aromatic carbocycles. The number of carbonyl (C=O) groups is 2. The van der Waals surface area contributed by atoms with Gasteiger partial charge in [-0.3, -0.25) is 14.6 Å². The minimum absolute atomic E-state index is 0.0840. The summed E-state index contributed by atoms with van der Waals surface area (Å²) in [6.07, 6.45) is 7.11. The molecule has 0 saturated heterocycles. The number of nitrogens with one attached hydrogen (secondary N) is 2. The maximum absolute atomic E-state index is 12.7. The molecular formula is C23H22N4O2S. The predicted octanol–water partition coefficient (Wildman–Crippen LogP) is 4.95. The monoisotopic (exact) mass is 418 g/mol. The molecule has 1 fully saturated rings. The van der Waals surface area contributed by atoms with Crippen LogP contribution in [0.2, 0.25) is 0 Å². The number of thiazole rings is 1. The van der Waals surface area contributed by atoms with Crippen molar-refractivity contribution in [1.29, 1.82) is 0 Å². The molecule has 152 valence electrons. The average molecular weight is 419 g/mol. The van der Waals surface area contributed by atoms with Crippen molar-refractivity contribution < 1.29 is 9.59 Å². The summed E-state index contributed by atoms with van der Waals surface area (Å²) in [5.41, 5.74) is 3.16. The molecule has 1 aliphatic carbocycles. The molecule has 0 radical (unpaired) electrons. The van der Waals surface area contributed by atoms with E-state index in [4.69, 9.17) is 0 Å². The molecule has 4 rings (SSSR count). The van der Waals surface area contributed by atoms with Crippen LogP contribution in [0.3, 0.4) is 0 Å². The van der Waals surface area contributed by atoms with Crippen molar-refractivity contribution in [2.45, 2.75) is 31.6 Å². The van der Waals surface area contributed by atoms with E-state index in [1.807, 2.05) is 43.5 Å². The summed E-state index contributed by atoms with van der Waals surface area (Å²) in [5.74, 6) is -0.0641. The number of hydrogen-bond acceptors (Lipinski definition) is 5. The van der Waals surface area contributed by atoms with Crippen LogP contribution in [0.15, 0.2) is 61.4 Å². The van der Waals surface area contributed by atoms with Crippen LogP contribution in [0.4, 0.5) is 10.8 Å². The van der Waals surface area contributed by atoms with E-state index in [1.54, 1.807) is 23.6 Å². The summed E-state index contributed by atoms with van der Waals surface area (Å²) in [5, 5.41) is 6.27.